The predicted octanol–water partition coefficient (Wildman–Crippen LogP) is 2.79. The van der Waals surface area contributed by atoms with Crippen LogP contribution in [0.3, 0.4) is 0 Å². The number of halogens is 3. The van der Waals surface area contributed by atoms with Crippen molar-refractivity contribution in [3.63, 3.8) is 0 Å². The molecule has 0 aliphatic carbocycles. The van der Waals surface area contributed by atoms with Gasteiger partial charge in [-0.1, -0.05) is 0 Å². The molecule has 6 nitrogen and oxygen atoms in total. The Morgan fingerprint density at radius 3 is 2.43 bits per heavy atom. The van der Waals surface area contributed by atoms with Crippen LogP contribution in [-0.4, -0.2) is 39.6 Å². The Morgan fingerprint density at radius 2 is 1.89 bits per heavy atom. The Hall–Kier alpha value is -2.84. The van der Waals surface area contributed by atoms with Gasteiger partial charge >= 0.3 is 6.18 Å². The van der Waals surface area contributed by atoms with Gasteiger partial charge < -0.3 is 14.2 Å². The van der Waals surface area contributed by atoms with Gasteiger partial charge in [-0.3, -0.25) is 14.6 Å². The molecule has 150 valence electrons. The van der Waals surface area contributed by atoms with Gasteiger partial charge in [-0.25, -0.2) is 0 Å². The molecular formula is C19H20F3N3O3. The number of piperidine rings is 1. The van der Waals surface area contributed by atoms with E-state index in [1.807, 2.05) is 6.92 Å². The number of likely N-dealkylation sites (tertiary alicyclic amines) is 1. The first-order chi connectivity index (χ1) is 13.1. The fraction of sp³-hybridized carbons (Fsp3) is 0.421. The van der Waals surface area contributed by atoms with Gasteiger partial charge in [0.1, 0.15) is 17.5 Å². The lowest BCUT2D eigenvalue weighted by Crippen LogP contribution is -2.42. The Balaban J connectivity index is 1.59. The van der Waals surface area contributed by atoms with Crippen molar-refractivity contribution in [1.82, 2.24) is 14.5 Å². The molecule has 1 fully saturated rings. The van der Waals surface area contributed by atoms with E-state index in [1.165, 1.54) is 10.6 Å². The number of alkyl halides is 3. The highest BCUT2D eigenvalue weighted by Crippen LogP contribution is 2.27. The molecular weight excluding hydrogens is 375 g/mol. The Morgan fingerprint density at radius 1 is 1.21 bits per heavy atom. The fourth-order valence-electron chi connectivity index (χ4n) is 3.04. The highest BCUT2D eigenvalue weighted by Gasteiger charge is 2.32. The summed E-state index contributed by atoms with van der Waals surface area (Å²) in [6, 6.07) is 5.16. The smallest absolute Gasteiger partial charge is 0.433 e. The summed E-state index contributed by atoms with van der Waals surface area (Å²) in [5, 5.41) is 0. The maximum Gasteiger partial charge on any atom is 0.433 e. The minimum atomic E-state index is -4.53. The van der Waals surface area contributed by atoms with E-state index in [4.69, 9.17) is 4.74 Å². The van der Waals surface area contributed by atoms with E-state index in [1.54, 1.807) is 18.0 Å². The van der Waals surface area contributed by atoms with Gasteiger partial charge in [0.15, 0.2) is 0 Å². The van der Waals surface area contributed by atoms with Crippen LogP contribution in [0, 0.1) is 6.92 Å². The van der Waals surface area contributed by atoms with Gasteiger partial charge in [0.25, 0.3) is 11.5 Å². The molecule has 1 aliphatic rings. The summed E-state index contributed by atoms with van der Waals surface area (Å²) in [4.78, 5) is 29.2. The third kappa shape index (κ3) is 4.35. The highest BCUT2D eigenvalue weighted by atomic mass is 19.4. The van der Waals surface area contributed by atoms with Crippen molar-refractivity contribution in [2.24, 2.45) is 7.05 Å². The number of carbonyl (C=O) groups is 1. The number of nitrogens with zero attached hydrogens (tertiary/aromatic N) is 3. The number of rotatable bonds is 3. The third-order valence-corrected chi connectivity index (χ3v) is 4.81. The normalized spacial score (nSPS) is 15.5. The van der Waals surface area contributed by atoms with Crippen LogP contribution in [0.15, 0.2) is 35.3 Å². The van der Waals surface area contributed by atoms with Gasteiger partial charge in [-0.2, -0.15) is 13.2 Å². The first-order valence-electron chi connectivity index (χ1n) is 8.82. The second kappa shape index (κ2) is 7.65. The molecule has 0 aromatic carbocycles. The molecule has 1 aliphatic heterocycles. The maximum absolute atomic E-state index is 12.6. The third-order valence-electron chi connectivity index (χ3n) is 4.81. The molecule has 1 amide bonds. The summed E-state index contributed by atoms with van der Waals surface area (Å²) in [5.41, 5.74) is -0.280. The molecule has 0 atom stereocenters. The van der Waals surface area contributed by atoms with E-state index >= 15 is 0 Å². The van der Waals surface area contributed by atoms with Gasteiger partial charge in [-0.15, -0.1) is 0 Å². The minimum Gasteiger partial charge on any atom is -0.490 e. The number of carbonyl (C=O) groups excluding carboxylic acids is 1. The second-order valence-electron chi connectivity index (χ2n) is 6.77. The molecule has 2 aromatic heterocycles. The van der Waals surface area contributed by atoms with E-state index in [-0.39, 0.29) is 23.1 Å². The number of aromatic nitrogens is 2. The van der Waals surface area contributed by atoms with Gasteiger partial charge in [0.05, 0.1) is 5.56 Å². The Kier molecular flexibility index (Phi) is 5.44. The number of hydrogen-bond donors (Lipinski definition) is 0. The topological polar surface area (TPSA) is 64.4 Å². The zero-order valence-electron chi connectivity index (χ0n) is 15.5. The average molecular weight is 395 g/mol. The summed E-state index contributed by atoms with van der Waals surface area (Å²) in [6.45, 7) is 2.64. The number of amides is 1. The van der Waals surface area contributed by atoms with Crippen molar-refractivity contribution in [2.45, 2.75) is 32.0 Å². The van der Waals surface area contributed by atoms with Crippen molar-refractivity contribution >= 4 is 5.91 Å². The van der Waals surface area contributed by atoms with E-state index in [2.05, 4.69) is 4.98 Å². The first kappa shape index (κ1) is 19.9. The van der Waals surface area contributed by atoms with Crippen molar-refractivity contribution in [2.75, 3.05) is 13.1 Å². The van der Waals surface area contributed by atoms with Gasteiger partial charge in [-0.05, 0) is 25.1 Å². The van der Waals surface area contributed by atoms with Crippen LogP contribution in [0.1, 0.15) is 34.6 Å². The van der Waals surface area contributed by atoms with Crippen LogP contribution in [0.5, 0.6) is 5.75 Å². The zero-order valence-corrected chi connectivity index (χ0v) is 15.5. The van der Waals surface area contributed by atoms with E-state index in [9.17, 15) is 22.8 Å². The largest absolute Gasteiger partial charge is 0.490 e. The first-order valence-corrected chi connectivity index (χ1v) is 8.82. The summed E-state index contributed by atoms with van der Waals surface area (Å²) < 4.78 is 45.1. The van der Waals surface area contributed by atoms with Crippen LogP contribution in [0.25, 0.3) is 0 Å². The van der Waals surface area contributed by atoms with Crippen molar-refractivity contribution < 1.29 is 22.7 Å². The zero-order chi connectivity index (χ0) is 20.5. The van der Waals surface area contributed by atoms with Crippen molar-refractivity contribution in [1.29, 1.82) is 0 Å². The number of aryl methyl sites for hydroxylation is 1. The molecule has 1 saturated heterocycles. The average Bonchev–Trinajstić information content (AvgIpc) is 2.65. The molecule has 9 heteroatoms. The van der Waals surface area contributed by atoms with Crippen molar-refractivity contribution in [3.8, 4) is 5.75 Å². The highest BCUT2D eigenvalue weighted by molar-refractivity contribution is 5.94. The molecule has 0 N–H and O–H groups in total. The fourth-order valence-corrected chi connectivity index (χ4v) is 3.04. The lowest BCUT2D eigenvalue weighted by molar-refractivity contribution is -0.141. The second-order valence-corrected chi connectivity index (χ2v) is 6.77. The van der Waals surface area contributed by atoms with Gasteiger partial charge in [0.2, 0.25) is 0 Å². The monoisotopic (exact) mass is 395 g/mol. The summed E-state index contributed by atoms with van der Waals surface area (Å²) in [5.74, 6) is 0.140. The van der Waals surface area contributed by atoms with Gasteiger partial charge in [0, 0.05) is 50.9 Å². The van der Waals surface area contributed by atoms with Crippen molar-refractivity contribution in [3.05, 3.63) is 57.8 Å². The quantitative estimate of drug-likeness (QED) is 0.802. The standard InChI is InChI=1S/C19H20F3N3O3/c1-12-9-15(10-17(26)24(12)2)28-14-5-7-25(8-6-14)18(27)13-3-4-16(23-11-13)19(20,21)22/h3-4,9-11,14H,5-8H2,1-2H3. The van der Waals surface area contributed by atoms with Crippen LogP contribution >= 0.6 is 0 Å². The number of pyridine rings is 2. The SMILES string of the molecule is Cc1cc(OC2CCN(C(=O)c3ccc(C(F)(F)F)nc3)CC2)cc(=O)n1C. The molecule has 0 unspecified atom stereocenters. The van der Waals surface area contributed by atoms with E-state index in [0.29, 0.717) is 31.7 Å². The molecule has 28 heavy (non-hydrogen) atoms. The lowest BCUT2D eigenvalue weighted by Gasteiger charge is -2.32. The van der Waals surface area contributed by atoms with Crippen LogP contribution in [0.2, 0.25) is 0 Å². The minimum absolute atomic E-state index is 0.120. The predicted molar refractivity (Wildman–Crippen MR) is 95.2 cm³/mol. The number of hydrogen-bond acceptors (Lipinski definition) is 4. The van der Waals surface area contributed by atoms with E-state index in [0.717, 1.165) is 24.0 Å². The summed E-state index contributed by atoms with van der Waals surface area (Å²) in [6.07, 6.45) is -2.59. The van der Waals surface area contributed by atoms with E-state index < -0.39 is 11.9 Å². The molecule has 3 heterocycles. The summed E-state index contributed by atoms with van der Waals surface area (Å²) >= 11 is 0. The molecule has 0 spiro atoms. The Labute approximate surface area is 159 Å². The molecule has 2 aromatic rings. The molecule has 0 bridgehead atoms. The van der Waals surface area contributed by atoms with Crippen LogP contribution in [-0.2, 0) is 13.2 Å². The maximum atomic E-state index is 12.6. The number of ether oxygens (including phenoxy) is 1. The molecule has 3 rings (SSSR count). The molecule has 0 saturated carbocycles. The van der Waals surface area contributed by atoms with Crippen LogP contribution < -0.4 is 10.3 Å². The summed E-state index contributed by atoms with van der Waals surface area (Å²) in [7, 11) is 1.68. The van der Waals surface area contributed by atoms with Crippen LogP contribution in [0.4, 0.5) is 13.2 Å². The Bertz CT molecular complexity index is 915. The molecule has 0 radical (unpaired) electrons. The lowest BCUT2D eigenvalue weighted by atomic mass is 10.1.